The third-order valence-corrected chi connectivity index (χ3v) is 6.61. The average Bonchev–Trinajstić information content (AvgIpc) is 3.22. The summed E-state index contributed by atoms with van der Waals surface area (Å²) in [5.74, 6) is 1.23. The molecular formula is C31H44N2. The van der Waals surface area contributed by atoms with E-state index in [1.165, 1.54) is 86.9 Å². The van der Waals surface area contributed by atoms with Crippen LogP contribution in [0.4, 0.5) is 0 Å². The second-order valence-electron chi connectivity index (χ2n) is 9.53. The van der Waals surface area contributed by atoms with E-state index >= 15 is 0 Å². The van der Waals surface area contributed by atoms with Gasteiger partial charge in [-0.1, -0.05) is 125 Å². The summed E-state index contributed by atoms with van der Waals surface area (Å²) in [5.41, 5.74) is 4.03. The van der Waals surface area contributed by atoms with Gasteiger partial charge in [0.2, 0.25) is 0 Å². The first-order valence-corrected chi connectivity index (χ1v) is 13.5. The minimum Gasteiger partial charge on any atom is -0.334 e. The van der Waals surface area contributed by atoms with Crippen molar-refractivity contribution in [1.29, 1.82) is 0 Å². The van der Waals surface area contributed by atoms with Crippen LogP contribution in [0.25, 0.3) is 0 Å². The summed E-state index contributed by atoms with van der Waals surface area (Å²) in [4.78, 5) is 5.06. The first-order chi connectivity index (χ1) is 16.3. The van der Waals surface area contributed by atoms with Gasteiger partial charge in [-0.2, -0.15) is 0 Å². The second kappa shape index (κ2) is 15.5. The van der Waals surface area contributed by atoms with Gasteiger partial charge < -0.3 is 4.57 Å². The average molecular weight is 445 g/mol. The summed E-state index contributed by atoms with van der Waals surface area (Å²) in [7, 11) is 0. The van der Waals surface area contributed by atoms with Crippen molar-refractivity contribution in [2.45, 2.75) is 103 Å². The molecule has 0 aliphatic rings. The molecule has 0 saturated heterocycles. The van der Waals surface area contributed by atoms with Crippen molar-refractivity contribution in [1.82, 2.24) is 9.55 Å². The van der Waals surface area contributed by atoms with Gasteiger partial charge in [-0.25, -0.2) is 4.98 Å². The van der Waals surface area contributed by atoms with E-state index in [1.807, 2.05) is 0 Å². The smallest absolute Gasteiger partial charge is 0.113 e. The summed E-state index contributed by atoms with van der Waals surface area (Å²) >= 11 is 0. The summed E-state index contributed by atoms with van der Waals surface area (Å²) in [5, 5.41) is 0. The van der Waals surface area contributed by atoms with Crippen molar-refractivity contribution in [3.05, 3.63) is 89.5 Å². The SMILES string of the molecule is CCCCCCCCCCCCn1cc(CCCc2ccccc2)nc1Cc1ccccc1. The Morgan fingerprint density at radius 1 is 0.606 bits per heavy atom. The maximum absolute atomic E-state index is 5.06. The van der Waals surface area contributed by atoms with Crippen LogP contribution in [0.3, 0.4) is 0 Å². The van der Waals surface area contributed by atoms with Crippen LogP contribution in [0.5, 0.6) is 0 Å². The molecule has 2 aromatic carbocycles. The third kappa shape index (κ3) is 9.98. The predicted octanol–water partition coefficient (Wildman–Crippen LogP) is 8.57. The quantitative estimate of drug-likeness (QED) is 0.191. The van der Waals surface area contributed by atoms with Crippen molar-refractivity contribution in [2.75, 3.05) is 0 Å². The van der Waals surface area contributed by atoms with Gasteiger partial charge in [-0.3, -0.25) is 0 Å². The summed E-state index contributed by atoms with van der Waals surface area (Å²) in [6.07, 6.45) is 20.4. The maximum atomic E-state index is 5.06. The molecule has 1 heterocycles. The molecule has 0 aliphatic heterocycles. The molecule has 1 aromatic heterocycles. The van der Waals surface area contributed by atoms with Crippen LogP contribution in [0.1, 0.15) is 100 Å². The minimum atomic E-state index is 0.928. The number of hydrogen-bond donors (Lipinski definition) is 0. The molecule has 0 atom stereocenters. The number of unbranched alkanes of at least 4 members (excludes halogenated alkanes) is 9. The Hall–Kier alpha value is -2.35. The molecule has 3 rings (SSSR count). The van der Waals surface area contributed by atoms with E-state index < -0.39 is 0 Å². The molecule has 0 spiro atoms. The van der Waals surface area contributed by atoms with Crippen LogP contribution < -0.4 is 0 Å². The van der Waals surface area contributed by atoms with Gasteiger partial charge in [0.15, 0.2) is 0 Å². The fourth-order valence-corrected chi connectivity index (χ4v) is 4.63. The number of imidazole rings is 1. The van der Waals surface area contributed by atoms with Crippen molar-refractivity contribution in [2.24, 2.45) is 0 Å². The van der Waals surface area contributed by atoms with E-state index in [1.54, 1.807) is 0 Å². The van der Waals surface area contributed by atoms with E-state index in [4.69, 9.17) is 4.98 Å². The summed E-state index contributed by atoms with van der Waals surface area (Å²) < 4.78 is 2.44. The Balaban J connectivity index is 1.45. The fraction of sp³-hybridized carbons (Fsp3) is 0.516. The highest BCUT2D eigenvalue weighted by atomic mass is 15.1. The molecule has 2 heteroatoms. The molecule has 0 fully saturated rings. The van der Waals surface area contributed by atoms with Gasteiger partial charge in [0.25, 0.3) is 0 Å². The lowest BCUT2D eigenvalue weighted by atomic mass is 10.1. The lowest BCUT2D eigenvalue weighted by Crippen LogP contribution is -2.04. The number of nitrogens with zero attached hydrogens (tertiary/aromatic N) is 2. The van der Waals surface area contributed by atoms with E-state index in [0.29, 0.717) is 0 Å². The van der Waals surface area contributed by atoms with Crippen LogP contribution in [0.2, 0.25) is 0 Å². The molecule has 3 aromatic rings. The van der Waals surface area contributed by atoms with Crippen molar-refractivity contribution < 1.29 is 0 Å². The third-order valence-electron chi connectivity index (χ3n) is 6.61. The van der Waals surface area contributed by atoms with E-state index in [2.05, 4.69) is 78.4 Å². The molecule has 178 valence electrons. The minimum absolute atomic E-state index is 0.928. The standard InChI is InChI=1S/C31H44N2/c1-2-3-4-5-6-7-8-9-10-17-25-33-27-30(24-18-23-28-19-13-11-14-20-28)32-31(33)26-29-21-15-12-16-22-29/h11-16,19-22,27H,2-10,17-18,23-26H2,1H3. The van der Waals surface area contributed by atoms with Gasteiger partial charge in [-0.05, 0) is 36.8 Å². The zero-order valence-electron chi connectivity index (χ0n) is 20.9. The highest BCUT2D eigenvalue weighted by Gasteiger charge is 2.09. The number of hydrogen-bond acceptors (Lipinski definition) is 1. The molecular weight excluding hydrogens is 400 g/mol. The highest BCUT2D eigenvalue weighted by molar-refractivity contribution is 5.21. The fourth-order valence-electron chi connectivity index (χ4n) is 4.63. The van der Waals surface area contributed by atoms with Crippen LogP contribution in [0, 0.1) is 0 Å². The molecule has 0 radical (unpaired) electrons. The second-order valence-corrected chi connectivity index (χ2v) is 9.53. The summed E-state index contributed by atoms with van der Waals surface area (Å²) in [6.45, 7) is 3.39. The Kier molecular flexibility index (Phi) is 11.9. The molecule has 0 aliphatic carbocycles. The van der Waals surface area contributed by atoms with E-state index in [0.717, 1.165) is 32.2 Å². The van der Waals surface area contributed by atoms with Crippen LogP contribution in [-0.4, -0.2) is 9.55 Å². The molecule has 0 amide bonds. The Bertz CT molecular complexity index is 866. The van der Waals surface area contributed by atoms with Gasteiger partial charge in [-0.15, -0.1) is 0 Å². The number of rotatable bonds is 17. The van der Waals surface area contributed by atoms with Gasteiger partial charge in [0.05, 0.1) is 5.69 Å². The topological polar surface area (TPSA) is 17.8 Å². The summed E-state index contributed by atoms with van der Waals surface area (Å²) in [6, 6.07) is 21.6. The van der Waals surface area contributed by atoms with Gasteiger partial charge in [0, 0.05) is 19.2 Å². The van der Waals surface area contributed by atoms with Crippen LogP contribution >= 0.6 is 0 Å². The van der Waals surface area contributed by atoms with Gasteiger partial charge >= 0.3 is 0 Å². The van der Waals surface area contributed by atoms with Crippen LogP contribution in [-0.2, 0) is 25.8 Å². The Morgan fingerprint density at radius 3 is 1.82 bits per heavy atom. The highest BCUT2D eigenvalue weighted by Crippen LogP contribution is 2.16. The predicted molar refractivity (Wildman–Crippen MR) is 142 cm³/mol. The maximum Gasteiger partial charge on any atom is 0.113 e. The number of benzene rings is 2. The molecule has 2 nitrogen and oxygen atoms in total. The Morgan fingerprint density at radius 2 is 1.18 bits per heavy atom. The zero-order chi connectivity index (χ0) is 23.0. The van der Waals surface area contributed by atoms with Crippen LogP contribution in [0.15, 0.2) is 66.9 Å². The van der Waals surface area contributed by atoms with Gasteiger partial charge in [0.1, 0.15) is 5.82 Å². The molecule has 0 saturated carbocycles. The Labute approximate surface area is 202 Å². The lowest BCUT2D eigenvalue weighted by molar-refractivity contribution is 0.529. The molecule has 0 bridgehead atoms. The first kappa shape index (κ1) is 25.3. The lowest BCUT2D eigenvalue weighted by Gasteiger charge is -2.08. The monoisotopic (exact) mass is 444 g/mol. The zero-order valence-corrected chi connectivity index (χ0v) is 20.9. The van der Waals surface area contributed by atoms with E-state index in [-0.39, 0.29) is 0 Å². The first-order valence-electron chi connectivity index (χ1n) is 13.5. The molecule has 33 heavy (non-hydrogen) atoms. The van der Waals surface area contributed by atoms with E-state index in [9.17, 15) is 0 Å². The largest absolute Gasteiger partial charge is 0.334 e. The molecule has 0 unspecified atom stereocenters. The molecule has 0 N–H and O–H groups in total. The number of aryl methyl sites for hydroxylation is 3. The van der Waals surface area contributed by atoms with Crippen molar-refractivity contribution >= 4 is 0 Å². The van der Waals surface area contributed by atoms with Crippen molar-refractivity contribution in [3.8, 4) is 0 Å². The van der Waals surface area contributed by atoms with Crippen molar-refractivity contribution in [3.63, 3.8) is 0 Å². The number of aromatic nitrogens is 2. The normalized spacial score (nSPS) is 11.2.